The van der Waals surface area contributed by atoms with Crippen LogP contribution >= 0.6 is 11.6 Å². The summed E-state index contributed by atoms with van der Waals surface area (Å²) in [6.07, 6.45) is 0. The van der Waals surface area contributed by atoms with E-state index < -0.39 is 11.4 Å². The zero-order chi connectivity index (χ0) is 18.8. The monoisotopic (exact) mass is 358 g/mol. The van der Waals surface area contributed by atoms with Gasteiger partial charge in [-0.3, -0.25) is 4.79 Å². The molecule has 25 heavy (non-hydrogen) atoms. The molecule has 0 aliphatic carbocycles. The maximum absolute atomic E-state index is 11.2. The third-order valence-electron chi connectivity index (χ3n) is 3.92. The number of carboxylic acid groups (broad SMARTS) is 1. The average Bonchev–Trinajstić information content (AvgIpc) is 2.53. The molecule has 0 unspecified atom stereocenters. The molecule has 2 aromatic rings. The summed E-state index contributed by atoms with van der Waals surface area (Å²) in [5.74, 6) is -0.289. The molecule has 0 aliphatic rings. The Balaban J connectivity index is 2.29. The number of nitriles is 1. The Kier molecular flexibility index (Phi) is 5.34. The first kappa shape index (κ1) is 18.8. The van der Waals surface area contributed by atoms with Crippen LogP contribution in [0.25, 0.3) is 11.3 Å². The lowest BCUT2D eigenvalue weighted by Crippen LogP contribution is -2.30. The minimum atomic E-state index is -0.968. The molecule has 0 spiro atoms. The molecule has 0 radical (unpaired) electrons. The third-order valence-corrected chi connectivity index (χ3v) is 4.20. The second kappa shape index (κ2) is 7.12. The number of hydrogen-bond acceptors (Lipinski definition) is 4. The fourth-order valence-corrected chi connectivity index (χ4v) is 2.49. The molecule has 1 aromatic heterocycles. The van der Waals surface area contributed by atoms with Crippen LogP contribution in [-0.4, -0.2) is 22.7 Å². The molecule has 0 saturated heterocycles. The van der Waals surface area contributed by atoms with Crippen LogP contribution in [0.2, 0.25) is 5.15 Å². The van der Waals surface area contributed by atoms with E-state index in [0.29, 0.717) is 17.0 Å². The lowest BCUT2D eigenvalue weighted by Gasteiger charge is -2.20. The van der Waals surface area contributed by atoms with E-state index in [1.807, 2.05) is 38.1 Å². The number of pyridine rings is 1. The molecule has 0 fully saturated rings. The summed E-state index contributed by atoms with van der Waals surface area (Å²) in [6.45, 7) is 7.00. The van der Waals surface area contributed by atoms with Gasteiger partial charge < -0.3 is 9.84 Å². The predicted octanol–water partition coefficient (Wildman–Crippen LogP) is 4.38. The van der Waals surface area contributed by atoms with Crippen molar-refractivity contribution in [3.63, 3.8) is 0 Å². The summed E-state index contributed by atoms with van der Waals surface area (Å²) < 4.78 is 5.67. The van der Waals surface area contributed by atoms with E-state index in [1.54, 1.807) is 19.9 Å². The lowest BCUT2D eigenvalue weighted by molar-refractivity contribution is -0.148. The third kappa shape index (κ3) is 4.09. The quantitative estimate of drug-likeness (QED) is 0.802. The molecule has 0 saturated carbocycles. The Morgan fingerprint density at radius 3 is 2.52 bits per heavy atom. The Hall–Kier alpha value is -2.58. The second-order valence-electron chi connectivity index (χ2n) is 6.56. The molecule has 0 aliphatic heterocycles. The second-order valence-corrected chi connectivity index (χ2v) is 6.92. The van der Waals surface area contributed by atoms with Crippen LogP contribution in [-0.2, 0) is 4.79 Å². The van der Waals surface area contributed by atoms with Crippen molar-refractivity contribution in [3.05, 3.63) is 46.1 Å². The number of benzene rings is 1. The minimum absolute atomic E-state index is 0.0720. The van der Waals surface area contributed by atoms with Gasteiger partial charge in [0.1, 0.15) is 23.6 Å². The number of hydrogen-bond donors (Lipinski definition) is 1. The van der Waals surface area contributed by atoms with Gasteiger partial charge in [0.2, 0.25) is 0 Å². The standard InChI is InChI=1S/C19H19ClN2O3/c1-11-8-15(22-17(20)14(11)9-21)13-5-6-16(12(2)7-13)25-10-19(3,4)18(23)24/h5-8H,10H2,1-4H3,(H,23,24). The maximum Gasteiger partial charge on any atom is 0.312 e. The van der Waals surface area contributed by atoms with E-state index in [9.17, 15) is 4.79 Å². The van der Waals surface area contributed by atoms with E-state index >= 15 is 0 Å². The van der Waals surface area contributed by atoms with E-state index in [2.05, 4.69) is 4.98 Å². The van der Waals surface area contributed by atoms with Gasteiger partial charge in [0.25, 0.3) is 0 Å². The average molecular weight is 359 g/mol. The first-order chi connectivity index (χ1) is 11.7. The molecular weight excluding hydrogens is 340 g/mol. The first-order valence-electron chi connectivity index (χ1n) is 7.70. The highest BCUT2D eigenvalue weighted by molar-refractivity contribution is 6.30. The van der Waals surface area contributed by atoms with Gasteiger partial charge in [-0.2, -0.15) is 5.26 Å². The van der Waals surface area contributed by atoms with Crippen LogP contribution in [0.4, 0.5) is 0 Å². The van der Waals surface area contributed by atoms with Crippen molar-refractivity contribution in [2.75, 3.05) is 6.61 Å². The Bertz CT molecular complexity index is 846. The van der Waals surface area contributed by atoms with Crippen molar-refractivity contribution >= 4 is 17.6 Å². The lowest BCUT2D eigenvalue weighted by atomic mass is 9.95. The fourth-order valence-electron chi connectivity index (χ4n) is 2.21. The van der Waals surface area contributed by atoms with Crippen LogP contribution in [0.5, 0.6) is 5.75 Å². The van der Waals surface area contributed by atoms with Crippen LogP contribution < -0.4 is 4.74 Å². The summed E-state index contributed by atoms with van der Waals surface area (Å²) >= 11 is 6.07. The van der Waals surface area contributed by atoms with E-state index in [1.165, 1.54) is 0 Å². The van der Waals surface area contributed by atoms with Gasteiger partial charge in [0.05, 0.1) is 16.7 Å². The number of carbonyl (C=O) groups is 1. The molecule has 1 heterocycles. The smallest absolute Gasteiger partial charge is 0.312 e. The molecule has 1 aromatic carbocycles. The number of ether oxygens (including phenoxy) is 1. The SMILES string of the molecule is Cc1cc(-c2cc(C)c(C#N)c(Cl)n2)ccc1OCC(C)(C)C(=O)O. The Labute approximate surface area is 151 Å². The van der Waals surface area contributed by atoms with Gasteiger partial charge in [-0.05, 0) is 63.1 Å². The molecule has 6 heteroatoms. The Morgan fingerprint density at radius 2 is 2.00 bits per heavy atom. The fraction of sp³-hybridized carbons (Fsp3) is 0.316. The number of aromatic nitrogens is 1. The van der Waals surface area contributed by atoms with Crippen LogP contribution in [0.1, 0.15) is 30.5 Å². The maximum atomic E-state index is 11.2. The number of rotatable bonds is 5. The summed E-state index contributed by atoms with van der Waals surface area (Å²) in [6, 6.07) is 9.37. The highest BCUT2D eigenvalue weighted by atomic mass is 35.5. The molecular formula is C19H19ClN2O3. The molecule has 0 bridgehead atoms. The van der Waals surface area contributed by atoms with Gasteiger partial charge in [0.15, 0.2) is 0 Å². The number of aryl methyl sites for hydroxylation is 2. The Morgan fingerprint density at radius 1 is 1.32 bits per heavy atom. The highest BCUT2D eigenvalue weighted by Gasteiger charge is 2.28. The molecule has 130 valence electrons. The first-order valence-corrected chi connectivity index (χ1v) is 8.08. The summed E-state index contributed by atoms with van der Waals surface area (Å²) in [4.78, 5) is 15.4. The number of aliphatic carboxylic acids is 1. The van der Waals surface area contributed by atoms with Crippen molar-refractivity contribution < 1.29 is 14.6 Å². The van der Waals surface area contributed by atoms with Gasteiger partial charge in [-0.1, -0.05) is 11.6 Å². The summed E-state index contributed by atoms with van der Waals surface area (Å²) in [5, 5.41) is 18.4. The van der Waals surface area contributed by atoms with Crippen molar-refractivity contribution in [1.82, 2.24) is 4.98 Å². The van der Waals surface area contributed by atoms with E-state index in [4.69, 9.17) is 26.7 Å². The van der Waals surface area contributed by atoms with Crippen molar-refractivity contribution in [2.45, 2.75) is 27.7 Å². The minimum Gasteiger partial charge on any atom is -0.492 e. The van der Waals surface area contributed by atoms with Gasteiger partial charge in [0, 0.05) is 5.56 Å². The topological polar surface area (TPSA) is 83.2 Å². The zero-order valence-electron chi connectivity index (χ0n) is 14.6. The predicted molar refractivity (Wildman–Crippen MR) is 95.8 cm³/mol. The molecule has 2 rings (SSSR count). The van der Waals surface area contributed by atoms with Crippen LogP contribution in [0, 0.1) is 30.6 Å². The van der Waals surface area contributed by atoms with Gasteiger partial charge >= 0.3 is 5.97 Å². The van der Waals surface area contributed by atoms with Crippen molar-refractivity contribution in [2.24, 2.45) is 5.41 Å². The normalized spacial score (nSPS) is 11.0. The largest absolute Gasteiger partial charge is 0.492 e. The molecule has 5 nitrogen and oxygen atoms in total. The molecule has 0 atom stereocenters. The van der Waals surface area contributed by atoms with E-state index in [-0.39, 0.29) is 11.8 Å². The zero-order valence-corrected chi connectivity index (χ0v) is 15.3. The van der Waals surface area contributed by atoms with Crippen LogP contribution in [0.3, 0.4) is 0 Å². The number of nitrogens with zero attached hydrogens (tertiary/aromatic N) is 2. The van der Waals surface area contributed by atoms with Gasteiger partial charge in [-0.25, -0.2) is 4.98 Å². The van der Waals surface area contributed by atoms with Gasteiger partial charge in [-0.15, -0.1) is 0 Å². The molecule has 0 amide bonds. The van der Waals surface area contributed by atoms with Crippen molar-refractivity contribution in [1.29, 1.82) is 5.26 Å². The summed E-state index contributed by atoms with van der Waals surface area (Å²) in [7, 11) is 0. The van der Waals surface area contributed by atoms with E-state index in [0.717, 1.165) is 16.7 Å². The van der Waals surface area contributed by atoms with Crippen molar-refractivity contribution in [3.8, 4) is 23.1 Å². The summed E-state index contributed by atoms with van der Waals surface area (Å²) in [5.41, 5.74) is 2.54. The number of carboxylic acids is 1. The highest BCUT2D eigenvalue weighted by Crippen LogP contribution is 2.29. The molecule has 1 N–H and O–H groups in total. The number of halogens is 1. The van der Waals surface area contributed by atoms with Crippen LogP contribution in [0.15, 0.2) is 24.3 Å².